The first kappa shape index (κ1) is 23.8. The normalized spacial score (nSPS) is 14.4. The van der Waals surface area contributed by atoms with Gasteiger partial charge in [-0.1, -0.05) is 45.0 Å². The number of methoxy groups -OCH3 is 1. The molecule has 1 aliphatic rings. The highest BCUT2D eigenvalue weighted by Crippen LogP contribution is 2.32. The zero-order chi connectivity index (χ0) is 25.4. The number of aromatic nitrogens is 3. The number of anilines is 1. The fraction of sp³-hybridized carbons (Fsp3) is 0.321. The van der Waals surface area contributed by atoms with E-state index in [4.69, 9.17) is 14.8 Å². The standard InChI is InChI=1S/C28H30FN5O2/c1-28(2,3)25-18-26-30-21(17-23(34(26)31-25)19-9-5-8-12-24(19)36-4)27(35)33-15-13-32(14-16-33)22-11-7-6-10-20(22)29/h5-12,17-18H,13-16H2,1-4H3. The van der Waals surface area contributed by atoms with Crippen LogP contribution in [-0.4, -0.2) is 58.7 Å². The van der Waals surface area contributed by atoms with Crippen LogP contribution in [0.4, 0.5) is 10.1 Å². The van der Waals surface area contributed by atoms with Gasteiger partial charge in [0.25, 0.3) is 5.91 Å². The summed E-state index contributed by atoms with van der Waals surface area (Å²) in [5.74, 6) is 0.288. The Kier molecular flexibility index (Phi) is 6.12. The third kappa shape index (κ3) is 4.39. The van der Waals surface area contributed by atoms with Crippen LogP contribution in [-0.2, 0) is 5.41 Å². The highest BCUT2D eigenvalue weighted by Gasteiger charge is 2.27. The Labute approximate surface area is 210 Å². The van der Waals surface area contributed by atoms with Crippen molar-refractivity contribution in [2.45, 2.75) is 26.2 Å². The average molecular weight is 488 g/mol. The molecule has 2 aromatic heterocycles. The van der Waals surface area contributed by atoms with Crippen LogP contribution in [0.3, 0.4) is 0 Å². The lowest BCUT2D eigenvalue weighted by atomic mass is 9.93. The van der Waals surface area contributed by atoms with E-state index in [9.17, 15) is 9.18 Å². The van der Waals surface area contributed by atoms with E-state index in [2.05, 4.69) is 20.8 Å². The van der Waals surface area contributed by atoms with Crippen LogP contribution in [0.5, 0.6) is 5.75 Å². The molecule has 8 heteroatoms. The number of halogens is 1. The highest BCUT2D eigenvalue weighted by atomic mass is 19.1. The van der Waals surface area contributed by atoms with Gasteiger partial charge < -0.3 is 14.5 Å². The molecule has 5 rings (SSSR count). The number of hydrogen-bond donors (Lipinski definition) is 0. The van der Waals surface area contributed by atoms with Crippen molar-refractivity contribution < 1.29 is 13.9 Å². The molecular formula is C28H30FN5O2. The Morgan fingerprint density at radius 2 is 1.67 bits per heavy atom. The minimum atomic E-state index is -0.249. The first-order chi connectivity index (χ1) is 17.3. The fourth-order valence-corrected chi connectivity index (χ4v) is 4.52. The minimum absolute atomic E-state index is 0.152. The lowest BCUT2D eigenvalue weighted by Gasteiger charge is -2.36. The van der Waals surface area contributed by atoms with Gasteiger partial charge in [-0.15, -0.1) is 0 Å². The summed E-state index contributed by atoms with van der Waals surface area (Å²) < 4.78 is 21.6. The molecule has 1 fully saturated rings. The molecule has 0 bridgehead atoms. The zero-order valence-corrected chi connectivity index (χ0v) is 21.0. The molecule has 1 aliphatic heterocycles. The number of carbonyl (C=O) groups is 1. The number of rotatable bonds is 4. The number of nitrogens with zero attached hydrogens (tertiary/aromatic N) is 5. The largest absolute Gasteiger partial charge is 0.496 e. The first-order valence-corrected chi connectivity index (χ1v) is 12.1. The van der Waals surface area contributed by atoms with Crippen molar-refractivity contribution in [1.82, 2.24) is 19.5 Å². The van der Waals surface area contributed by atoms with Crippen molar-refractivity contribution in [2.24, 2.45) is 0 Å². The lowest BCUT2D eigenvalue weighted by molar-refractivity contribution is 0.0741. The second-order valence-electron chi connectivity index (χ2n) is 10.0. The third-order valence-corrected chi connectivity index (χ3v) is 6.56. The van der Waals surface area contributed by atoms with Crippen molar-refractivity contribution in [2.75, 3.05) is 38.2 Å². The Morgan fingerprint density at radius 3 is 2.36 bits per heavy atom. The van der Waals surface area contributed by atoms with Crippen molar-refractivity contribution in [3.05, 3.63) is 77.9 Å². The van der Waals surface area contributed by atoms with E-state index in [1.165, 1.54) is 6.07 Å². The number of piperazine rings is 1. The van der Waals surface area contributed by atoms with Crippen molar-refractivity contribution in [1.29, 1.82) is 0 Å². The molecule has 0 atom stereocenters. The van der Waals surface area contributed by atoms with Crippen molar-refractivity contribution >= 4 is 17.2 Å². The van der Waals surface area contributed by atoms with E-state index in [1.54, 1.807) is 34.7 Å². The SMILES string of the molecule is COc1ccccc1-c1cc(C(=O)N2CCN(c3ccccc3F)CC2)nc2cc(C(C)(C)C)nn12. The van der Waals surface area contributed by atoms with Crippen LogP contribution in [0.1, 0.15) is 37.0 Å². The molecule has 36 heavy (non-hydrogen) atoms. The van der Waals surface area contributed by atoms with Gasteiger partial charge in [0.15, 0.2) is 5.65 Å². The molecule has 2 aromatic carbocycles. The van der Waals surface area contributed by atoms with Gasteiger partial charge in [-0.2, -0.15) is 5.10 Å². The topological polar surface area (TPSA) is 63.0 Å². The summed E-state index contributed by atoms with van der Waals surface area (Å²) in [6.45, 7) is 8.35. The number of fused-ring (bicyclic) bond motifs is 1. The van der Waals surface area contributed by atoms with Crippen LogP contribution in [0.25, 0.3) is 16.9 Å². The number of amides is 1. The molecule has 0 unspecified atom stereocenters. The molecular weight excluding hydrogens is 457 g/mol. The van der Waals surface area contributed by atoms with Gasteiger partial charge in [0, 0.05) is 43.2 Å². The smallest absolute Gasteiger partial charge is 0.272 e. The van der Waals surface area contributed by atoms with Crippen molar-refractivity contribution in [3.8, 4) is 17.0 Å². The first-order valence-electron chi connectivity index (χ1n) is 12.1. The van der Waals surface area contributed by atoms with E-state index in [-0.39, 0.29) is 17.1 Å². The molecule has 0 N–H and O–H groups in total. The van der Waals surface area contributed by atoms with Gasteiger partial charge in [-0.05, 0) is 30.3 Å². The van der Waals surface area contributed by atoms with E-state index < -0.39 is 0 Å². The monoisotopic (exact) mass is 487 g/mol. The summed E-state index contributed by atoms with van der Waals surface area (Å²) >= 11 is 0. The van der Waals surface area contributed by atoms with Gasteiger partial charge >= 0.3 is 0 Å². The summed E-state index contributed by atoms with van der Waals surface area (Å²) in [5, 5.41) is 4.83. The molecule has 0 aliphatic carbocycles. The molecule has 1 amide bonds. The number of benzene rings is 2. The molecule has 0 spiro atoms. The second kappa shape index (κ2) is 9.26. The third-order valence-electron chi connectivity index (χ3n) is 6.56. The van der Waals surface area contributed by atoms with Crippen LogP contribution in [0, 0.1) is 5.82 Å². The van der Waals surface area contributed by atoms with Gasteiger partial charge in [-0.3, -0.25) is 4.79 Å². The maximum Gasteiger partial charge on any atom is 0.272 e. The van der Waals surface area contributed by atoms with E-state index in [0.29, 0.717) is 49.0 Å². The van der Waals surface area contributed by atoms with E-state index in [0.717, 1.165) is 17.0 Å². The minimum Gasteiger partial charge on any atom is -0.496 e. The summed E-state index contributed by atoms with van der Waals surface area (Å²) in [5.41, 5.74) is 3.79. The number of carbonyl (C=O) groups excluding carboxylic acids is 1. The fourth-order valence-electron chi connectivity index (χ4n) is 4.52. The molecule has 186 valence electrons. The lowest BCUT2D eigenvalue weighted by Crippen LogP contribution is -2.49. The van der Waals surface area contributed by atoms with Crippen LogP contribution in [0.2, 0.25) is 0 Å². The number of para-hydroxylation sites is 2. The van der Waals surface area contributed by atoms with Crippen LogP contribution < -0.4 is 9.64 Å². The predicted molar refractivity (Wildman–Crippen MR) is 138 cm³/mol. The van der Waals surface area contributed by atoms with Gasteiger partial charge in [0.1, 0.15) is 17.3 Å². The summed E-state index contributed by atoms with van der Waals surface area (Å²) in [6, 6.07) is 18.1. The molecule has 1 saturated heterocycles. The number of hydrogen-bond acceptors (Lipinski definition) is 5. The molecule has 0 radical (unpaired) electrons. The second-order valence-corrected chi connectivity index (χ2v) is 10.0. The maximum absolute atomic E-state index is 14.2. The van der Waals surface area contributed by atoms with Crippen LogP contribution >= 0.6 is 0 Å². The molecule has 7 nitrogen and oxygen atoms in total. The summed E-state index contributed by atoms with van der Waals surface area (Å²) in [4.78, 5) is 22.1. The van der Waals surface area contributed by atoms with E-state index >= 15 is 0 Å². The summed E-state index contributed by atoms with van der Waals surface area (Å²) in [6.07, 6.45) is 0. The average Bonchev–Trinajstić information content (AvgIpc) is 3.33. The molecule has 0 saturated carbocycles. The quantitative estimate of drug-likeness (QED) is 0.414. The maximum atomic E-state index is 14.2. The van der Waals surface area contributed by atoms with Gasteiger partial charge in [-0.25, -0.2) is 13.9 Å². The van der Waals surface area contributed by atoms with Gasteiger partial charge in [0.2, 0.25) is 0 Å². The molecule has 4 aromatic rings. The highest BCUT2D eigenvalue weighted by molar-refractivity contribution is 5.94. The Bertz CT molecular complexity index is 1420. The molecule has 3 heterocycles. The van der Waals surface area contributed by atoms with Crippen LogP contribution in [0.15, 0.2) is 60.7 Å². The number of ether oxygens (including phenoxy) is 1. The zero-order valence-electron chi connectivity index (χ0n) is 21.0. The van der Waals surface area contributed by atoms with E-state index in [1.807, 2.05) is 41.3 Å². The van der Waals surface area contributed by atoms with Gasteiger partial charge in [0.05, 0.1) is 24.2 Å². The Balaban J connectivity index is 1.50. The van der Waals surface area contributed by atoms with Crippen molar-refractivity contribution in [3.63, 3.8) is 0 Å². The summed E-state index contributed by atoms with van der Waals surface area (Å²) in [7, 11) is 1.63. The predicted octanol–water partition coefficient (Wildman–Crippen LogP) is 4.80. The Hall–Kier alpha value is -3.94. The Morgan fingerprint density at radius 1 is 0.972 bits per heavy atom.